The van der Waals surface area contributed by atoms with E-state index in [2.05, 4.69) is 6.92 Å². The van der Waals surface area contributed by atoms with E-state index in [1.165, 1.54) is 0 Å². The molecule has 1 amide bonds. The molecule has 3 aromatic carbocycles. The lowest BCUT2D eigenvalue weighted by Crippen LogP contribution is -2.38. The van der Waals surface area contributed by atoms with Gasteiger partial charge in [0.1, 0.15) is 11.6 Å². The van der Waals surface area contributed by atoms with Crippen molar-refractivity contribution in [2.24, 2.45) is 0 Å². The highest BCUT2D eigenvalue weighted by Crippen LogP contribution is 2.27. The summed E-state index contributed by atoms with van der Waals surface area (Å²) in [4.78, 5) is 34.3. The van der Waals surface area contributed by atoms with E-state index in [-0.39, 0.29) is 11.5 Å². The zero-order chi connectivity index (χ0) is 24.9. The summed E-state index contributed by atoms with van der Waals surface area (Å²) in [6.45, 7) is 6.56. The average molecular weight is 470 g/mol. The summed E-state index contributed by atoms with van der Waals surface area (Å²) in [6.07, 6.45) is 1.54. The van der Waals surface area contributed by atoms with Gasteiger partial charge in [0.2, 0.25) is 0 Å². The summed E-state index contributed by atoms with van der Waals surface area (Å²) in [5.41, 5.74) is 2.86. The van der Waals surface area contributed by atoms with E-state index < -0.39 is 6.04 Å². The maximum absolute atomic E-state index is 13.8. The number of rotatable bonds is 8. The number of hydrogen-bond acceptors (Lipinski definition) is 4. The second-order valence-corrected chi connectivity index (χ2v) is 8.52. The van der Waals surface area contributed by atoms with E-state index in [1.807, 2.05) is 68.4 Å². The summed E-state index contributed by atoms with van der Waals surface area (Å²) < 4.78 is 7.02. The summed E-state index contributed by atoms with van der Waals surface area (Å²) in [5, 5.41) is 0.551. The summed E-state index contributed by atoms with van der Waals surface area (Å²) in [6, 6.07) is 21.9. The molecule has 0 fully saturated rings. The Hall–Kier alpha value is -3.93. The van der Waals surface area contributed by atoms with Gasteiger partial charge in [0.05, 0.1) is 29.7 Å². The fraction of sp³-hybridized carbons (Fsp3) is 0.276. The van der Waals surface area contributed by atoms with Gasteiger partial charge in [0, 0.05) is 12.1 Å². The van der Waals surface area contributed by atoms with Gasteiger partial charge in [0.15, 0.2) is 0 Å². The van der Waals surface area contributed by atoms with Gasteiger partial charge >= 0.3 is 0 Å². The molecule has 6 nitrogen and oxygen atoms in total. The highest BCUT2D eigenvalue weighted by Gasteiger charge is 2.28. The van der Waals surface area contributed by atoms with E-state index in [0.29, 0.717) is 34.6 Å². The van der Waals surface area contributed by atoms with Crippen LogP contribution in [-0.4, -0.2) is 34.0 Å². The van der Waals surface area contributed by atoms with Crippen molar-refractivity contribution in [1.82, 2.24) is 14.5 Å². The van der Waals surface area contributed by atoms with Crippen LogP contribution in [0.5, 0.6) is 5.75 Å². The van der Waals surface area contributed by atoms with Crippen molar-refractivity contribution in [1.29, 1.82) is 0 Å². The molecule has 4 rings (SSSR count). The van der Waals surface area contributed by atoms with Crippen LogP contribution in [0, 0.1) is 0 Å². The first kappa shape index (κ1) is 24.2. The van der Waals surface area contributed by atoms with Crippen molar-refractivity contribution in [2.75, 3.05) is 13.7 Å². The number of methoxy groups -OCH3 is 1. The van der Waals surface area contributed by atoms with E-state index >= 15 is 0 Å². The number of carbonyl (C=O) groups excluding carboxylic acids is 1. The molecule has 0 bridgehead atoms. The third-order valence-electron chi connectivity index (χ3n) is 6.30. The smallest absolute Gasteiger partial charge is 0.266 e. The van der Waals surface area contributed by atoms with Crippen molar-refractivity contribution in [2.45, 2.75) is 39.7 Å². The van der Waals surface area contributed by atoms with Gasteiger partial charge in [-0.2, -0.15) is 0 Å². The lowest BCUT2D eigenvalue weighted by Gasteiger charge is -2.31. The van der Waals surface area contributed by atoms with Gasteiger partial charge in [-0.25, -0.2) is 4.98 Å². The topological polar surface area (TPSA) is 64.4 Å². The minimum atomic E-state index is -0.448. The molecule has 6 heteroatoms. The predicted molar refractivity (Wildman–Crippen MR) is 139 cm³/mol. The first-order chi connectivity index (χ1) is 17.0. The summed E-state index contributed by atoms with van der Waals surface area (Å²) >= 11 is 0. The molecule has 0 aliphatic heterocycles. The lowest BCUT2D eigenvalue weighted by atomic mass is 10.1. The number of benzene rings is 3. The minimum absolute atomic E-state index is 0.129. The second kappa shape index (κ2) is 10.6. The number of carbonyl (C=O) groups is 1. The molecular weight excluding hydrogens is 438 g/mol. The number of hydrogen-bond donors (Lipinski definition) is 0. The standard InChI is InChI=1S/C29H31N3O3/c1-5-18-31(28(33)22-13-11-14-23(19-22)35-4)20(3)27-30-25-16-9-8-15-24(25)29(34)32(27)26-17-10-7-12-21(26)6-2/h7-17,19-20H,5-6,18H2,1-4H3. The molecule has 1 heterocycles. The fourth-order valence-electron chi connectivity index (χ4n) is 4.46. The van der Waals surface area contributed by atoms with Crippen LogP contribution in [0.2, 0.25) is 0 Å². The van der Waals surface area contributed by atoms with E-state index in [4.69, 9.17) is 9.72 Å². The van der Waals surface area contributed by atoms with Crippen molar-refractivity contribution < 1.29 is 9.53 Å². The molecule has 1 aromatic heterocycles. The SMILES string of the molecule is CCCN(C(=O)c1cccc(OC)c1)C(C)c1nc2ccccc2c(=O)n1-c1ccccc1CC. The Morgan fingerprint density at radius 3 is 2.51 bits per heavy atom. The van der Waals surface area contributed by atoms with Gasteiger partial charge < -0.3 is 9.64 Å². The molecule has 0 saturated heterocycles. The van der Waals surface area contributed by atoms with Crippen molar-refractivity contribution in [3.05, 3.63) is 100 Å². The van der Waals surface area contributed by atoms with Gasteiger partial charge in [-0.1, -0.05) is 50.2 Å². The van der Waals surface area contributed by atoms with Crippen LogP contribution in [0.15, 0.2) is 77.6 Å². The monoisotopic (exact) mass is 469 g/mol. The number of nitrogens with zero attached hydrogens (tertiary/aromatic N) is 3. The zero-order valence-electron chi connectivity index (χ0n) is 20.7. The van der Waals surface area contributed by atoms with E-state index in [0.717, 1.165) is 24.1 Å². The first-order valence-electron chi connectivity index (χ1n) is 12.0. The number of fused-ring (bicyclic) bond motifs is 1. The van der Waals surface area contributed by atoms with Crippen LogP contribution in [0.3, 0.4) is 0 Å². The molecule has 1 atom stereocenters. The van der Waals surface area contributed by atoms with E-state index in [1.54, 1.807) is 34.8 Å². The molecule has 0 N–H and O–H groups in total. The van der Waals surface area contributed by atoms with Crippen LogP contribution >= 0.6 is 0 Å². The van der Waals surface area contributed by atoms with Crippen molar-refractivity contribution in [3.8, 4) is 11.4 Å². The van der Waals surface area contributed by atoms with Crippen LogP contribution in [0.4, 0.5) is 0 Å². The van der Waals surface area contributed by atoms with Crippen LogP contribution in [-0.2, 0) is 6.42 Å². The number of aryl methyl sites for hydroxylation is 1. The van der Waals surface area contributed by atoms with Gasteiger partial charge in [0.25, 0.3) is 11.5 Å². The third kappa shape index (κ3) is 4.69. The zero-order valence-corrected chi connectivity index (χ0v) is 20.7. The number of aromatic nitrogens is 2. The maximum Gasteiger partial charge on any atom is 0.266 e. The Bertz CT molecular complexity index is 1410. The molecular formula is C29H31N3O3. The Balaban J connectivity index is 1.92. The average Bonchev–Trinajstić information content (AvgIpc) is 2.91. The highest BCUT2D eigenvalue weighted by molar-refractivity contribution is 5.95. The third-order valence-corrected chi connectivity index (χ3v) is 6.30. The molecule has 0 saturated carbocycles. The molecule has 35 heavy (non-hydrogen) atoms. The highest BCUT2D eigenvalue weighted by atomic mass is 16.5. The molecule has 0 aliphatic carbocycles. The van der Waals surface area contributed by atoms with Gasteiger partial charge in [-0.15, -0.1) is 0 Å². The predicted octanol–water partition coefficient (Wildman–Crippen LogP) is 5.57. The molecule has 0 radical (unpaired) electrons. The maximum atomic E-state index is 13.8. The van der Waals surface area contributed by atoms with Crippen molar-refractivity contribution in [3.63, 3.8) is 0 Å². The normalized spacial score (nSPS) is 11.9. The van der Waals surface area contributed by atoms with Gasteiger partial charge in [-0.05, 0) is 61.7 Å². The molecule has 180 valence electrons. The second-order valence-electron chi connectivity index (χ2n) is 8.52. The van der Waals surface area contributed by atoms with Gasteiger partial charge in [-0.3, -0.25) is 14.2 Å². The number of ether oxygens (including phenoxy) is 1. The quantitative estimate of drug-likeness (QED) is 0.338. The largest absolute Gasteiger partial charge is 0.497 e. The van der Waals surface area contributed by atoms with Crippen LogP contribution in [0.1, 0.15) is 55.0 Å². The number of amides is 1. The molecule has 0 spiro atoms. The minimum Gasteiger partial charge on any atom is -0.497 e. The fourth-order valence-corrected chi connectivity index (χ4v) is 4.46. The van der Waals surface area contributed by atoms with E-state index in [9.17, 15) is 9.59 Å². The first-order valence-corrected chi connectivity index (χ1v) is 12.0. The lowest BCUT2D eigenvalue weighted by molar-refractivity contribution is 0.0681. The van der Waals surface area contributed by atoms with Crippen LogP contribution < -0.4 is 10.3 Å². The Kier molecular flexibility index (Phi) is 7.30. The Morgan fingerprint density at radius 1 is 1.03 bits per heavy atom. The summed E-state index contributed by atoms with van der Waals surface area (Å²) in [5.74, 6) is 1.04. The molecule has 1 unspecified atom stereocenters. The van der Waals surface area contributed by atoms with Crippen molar-refractivity contribution >= 4 is 16.8 Å². The Labute approximate surface area is 205 Å². The summed E-state index contributed by atoms with van der Waals surface area (Å²) in [7, 11) is 1.58. The van der Waals surface area contributed by atoms with Crippen LogP contribution in [0.25, 0.3) is 16.6 Å². The molecule has 0 aliphatic rings. The number of para-hydroxylation sites is 2. The molecule has 4 aromatic rings. The Morgan fingerprint density at radius 2 is 1.77 bits per heavy atom.